The minimum Gasteiger partial charge on any atom is -0.426 e. The summed E-state index contributed by atoms with van der Waals surface area (Å²) in [4.78, 5) is 24.0. The molecule has 0 aliphatic heterocycles. The van der Waals surface area contributed by atoms with Crippen molar-refractivity contribution in [2.24, 2.45) is 0 Å². The van der Waals surface area contributed by atoms with Gasteiger partial charge in [0.15, 0.2) is 0 Å². The maximum absolute atomic E-state index is 12.0. The maximum Gasteiger partial charge on any atom is 0.311 e. The van der Waals surface area contributed by atoms with Crippen LogP contribution in [0.15, 0.2) is 36.4 Å². The first-order valence-corrected chi connectivity index (χ1v) is 10.9. The molecule has 4 nitrogen and oxygen atoms in total. The van der Waals surface area contributed by atoms with Crippen molar-refractivity contribution in [3.63, 3.8) is 0 Å². The quantitative estimate of drug-likeness (QED) is 0.224. The minimum absolute atomic E-state index is 0.214. The fourth-order valence-corrected chi connectivity index (χ4v) is 3.20. The van der Waals surface area contributed by atoms with Crippen LogP contribution in [0.25, 0.3) is 0 Å². The van der Waals surface area contributed by atoms with E-state index in [1.54, 1.807) is 36.4 Å². The predicted molar refractivity (Wildman–Crippen MR) is 117 cm³/mol. The number of alkyl halides is 2. The Bertz CT molecular complexity index is 785. The van der Waals surface area contributed by atoms with Crippen LogP contribution >= 0.6 is 46.4 Å². The van der Waals surface area contributed by atoms with Crippen LogP contribution in [0.4, 0.5) is 0 Å². The number of carbonyl (C=O) groups is 2. The SMILES string of the molecule is O=C(CCCCl)Oc1ccc(Cl)cc1Cc1cc(Cl)ccc1OC(=O)CCCCl. The van der Waals surface area contributed by atoms with Gasteiger partial charge in [-0.15, -0.1) is 23.2 Å². The van der Waals surface area contributed by atoms with Crippen LogP contribution in [-0.2, 0) is 16.0 Å². The monoisotopic (exact) mass is 476 g/mol. The molecular weight excluding hydrogens is 458 g/mol. The number of ether oxygens (including phenoxy) is 2. The molecule has 29 heavy (non-hydrogen) atoms. The Morgan fingerprint density at radius 2 is 1.14 bits per heavy atom. The Labute approximate surface area is 190 Å². The van der Waals surface area contributed by atoms with E-state index < -0.39 is 0 Å². The van der Waals surface area contributed by atoms with Crippen molar-refractivity contribution in [2.45, 2.75) is 32.1 Å². The summed E-state index contributed by atoms with van der Waals surface area (Å²) in [6.07, 6.45) is 1.79. The average molecular weight is 478 g/mol. The molecule has 0 N–H and O–H groups in total. The molecule has 0 fully saturated rings. The van der Waals surface area contributed by atoms with Crippen molar-refractivity contribution in [3.05, 3.63) is 57.6 Å². The molecule has 0 bridgehead atoms. The van der Waals surface area contributed by atoms with Crippen molar-refractivity contribution in [3.8, 4) is 11.5 Å². The van der Waals surface area contributed by atoms with Gasteiger partial charge in [0.05, 0.1) is 0 Å². The minimum atomic E-state index is -0.381. The smallest absolute Gasteiger partial charge is 0.311 e. The van der Waals surface area contributed by atoms with E-state index in [1.807, 2.05) is 0 Å². The predicted octanol–water partition coefficient (Wildman–Crippen LogP) is 6.43. The highest BCUT2D eigenvalue weighted by Gasteiger charge is 2.15. The fraction of sp³-hybridized carbons (Fsp3) is 0.333. The second-order valence-electron chi connectivity index (χ2n) is 6.21. The standard InChI is InChI=1S/C21H20Cl4O4/c22-9-1-3-20(26)28-18-7-5-16(24)12-14(18)11-15-13-17(25)6-8-19(15)29-21(27)4-2-10-23/h5-8,12-13H,1-4,9-11H2. The third-order valence-corrected chi connectivity index (χ3v) is 4.91. The molecule has 0 radical (unpaired) electrons. The van der Waals surface area contributed by atoms with E-state index in [4.69, 9.17) is 55.9 Å². The van der Waals surface area contributed by atoms with Crippen molar-refractivity contribution in [1.29, 1.82) is 0 Å². The molecule has 0 saturated carbocycles. The van der Waals surface area contributed by atoms with Gasteiger partial charge >= 0.3 is 11.9 Å². The van der Waals surface area contributed by atoms with Gasteiger partial charge in [0.2, 0.25) is 0 Å². The molecule has 8 heteroatoms. The molecule has 0 atom stereocenters. The lowest BCUT2D eigenvalue weighted by atomic mass is 10.0. The number of halogens is 4. The van der Waals surface area contributed by atoms with Crippen LogP contribution < -0.4 is 9.47 Å². The van der Waals surface area contributed by atoms with E-state index >= 15 is 0 Å². The lowest BCUT2D eigenvalue weighted by molar-refractivity contribution is -0.135. The summed E-state index contributed by atoms with van der Waals surface area (Å²) in [6.45, 7) is 0. The van der Waals surface area contributed by atoms with E-state index in [0.29, 0.717) is 63.7 Å². The molecule has 0 aliphatic rings. The molecule has 0 amide bonds. The highest BCUT2D eigenvalue weighted by molar-refractivity contribution is 6.31. The van der Waals surface area contributed by atoms with E-state index in [9.17, 15) is 9.59 Å². The Morgan fingerprint density at radius 3 is 1.52 bits per heavy atom. The number of benzene rings is 2. The first kappa shape index (κ1) is 23.8. The Balaban J connectivity index is 2.26. The maximum atomic E-state index is 12.0. The topological polar surface area (TPSA) is 52.6 Å². The molecule has 0 heterocycles. The highest BCUT2D eigenvalue weighted by atomic mass is 35.5. The van der Waals surface area contributed by atoms with Gasteiger partial charge in [-0.05, 0) is 49.2 Å². The molecule has 0 aliphatic carbocycles. The molecule has 0 spiro atoms. The first-order valence-electron chi connectivity index (χ1n) is 9.03. The number of carbonyl (C=O) groups excluding carboxylic acids is 2. The van der Waals surface area contributed by atoms with Gasteiger partial charge in [-0.25, -0.2) is 0 Å². The zero-order valence-electron chi connectivity index (χ0n) is 15.6. The van der Waals surface area contributed by atoms with Gasteiger partial charge in [-0.2, -0.15) is 0 Å². The second-order valence-corrected chi connectivity index (χ2v) is 7.84. The summed E-state index contributed by atoms with van der Waals surface area (Å²) in [7, 11) is 0. The van der Waals surface area contributed by atoms with Gasteiger partial charge in [0.25, 0.3) is 0 Å². The number of hydrogen-bond acceptors (Lipinski definition) is 4. The number of rotatable bonds is 10. The van der Waals surface area contributed by atoms with Crippen LogP contribution in [0, 0.1) is 0 Å². The molecule has 0 unspecified atom stereocenters. The molecule has 0 saturated heterocycles. The second kappa shape index (κ2) is 12.3. The number of esters is 2. The van der Waals surface area contributed by atoms with Crippen LogP contribution in [0.5, 0.6) is 11.5 Å². The third kappa shape index (κ3) is 8.06. The fourth-order valence-electron chi connectivity index (χ4n) is 2.55. The molecule has 2 aromatic rings. The van der Waals surface area contributed by atoms with Crippen LogP contribution in [0.3, 0.4) is 0 Å². The van der Waals surface area contributed by atoms with E-state index in [0.717, 1.165) is 0 Å². The number of hydrogen-bond donors (Lipinski definition) is 0. The van der Waals surface area contributed by atoms with Crippen molar-refractivity contribution in [1.82, 2.24) is 0 Å². The summed E-state index contributed by atoms with van der Waals surface area (Å²) in [6, 6.07) is 9.94. The highest BCUT2D eigenvalue weighted by Crippen LogP contribution is 2.31. The van der Waals surface area contributed by atoms with Gasteiger partial charge in [-0.1, -0.05) is 23.2 Å². The average Bonchev–Trinajstić information content (AvgIpc) is 2.69. The summed E-state index contributed by atoms with van der Waals surface area (Å²) >= 11 is 23.5. The largest absolute Gasteiger partial charge is 0.426 e. The molecule has 2 aromatic carbocycles. The van der Waals surface area contributed by atoms with Crippen LogP contribution in [0.2, 0.25) is 10.0 Å². The zero-order chi connectivity index (χ0) is 21.2. The van der Waals surface area contributed by atoms with Gasteiger partial charge < -0.3 is 9.47 Å². The van der Waals surface area contributed by atoms with Gasteiger partial charge in [0, 0.05) is 52.2 Å². The van der Waals surface area contributed by atoms with Crippen molar-refractivity contribution < 1.29 is 19.1 Å². The van der Waals surface area contributed by atoms with Crippen LogP contribution in [-0.4, -0.2) is 23.7 Å². The normalized spacial score (nSPS) is 10.6. The third-order valence-electron chi connectivity index (χ3n) is 3.90. The van der Waals surface area contributed by atoms with Crippen molar-refractivity contribution in [2.75, 3.05) is 11.8 Å². The summed E-state index contributed by atoms with van der Waals surface area (Å²) < 4.78 is 10.9. The lowest BCUT2D eigenvalue weighted by Gasteiger charge is -2.14. The molecular formula is C21H20Cl4O4. The van der Waals surface area contributed by atoms with E-state index in [1.165, 1.54) is 0 Å². The Kier molecular flexibility index (Phi) is 10.1. The Morgan fingerprint density at radius 1 is 0.724 bits per heavy atom. The molecule has 2 rings (SSSR count). The lowest BCUT2D eigenvalue weighted by Crippen LogP contribution is -2.11. The summed E-state index contributed by atoms with van der Waals surface area (Å²) in [5.74, 6) is 0.760. The summed E-state index contributed by atoms with van der Waals surface area (Å²) in [5.41, 5.74) is 1.33. The molecule has 156 valence electrons. The van der Waals surface area contributed by atoms with E-state index in [2.05, 4.69) is 0 Å². The van der Waals surface area contributed by atoms with Crippen LogP contribution in [0.1, 0.15) is 36.8 Å². The Hall–Kier alpha value is -1.46. The first-order chi connectivity index (χ1) is 13.9. The zero-order valence-corrected chi connectivity index (χ0v) is 18.6. The van der Waals surface area contributed by atoms with Gasteiger partial charge in [-0.3, -0.25) is 9.59 Å². The molecule has 0 aromatic heterocycles. The van der Waals surface area contributed by atoms with E-state index in [-0.39, 0.29) is 24.8 Å². The van der Waals surface area contributed by atoms with Crippen molar-refractivity contribution >= 4 is 58.3 Å². The summed E-state index contributed by atoms with van der Waals surface area (Å²) in [5, 5.41) is 0.978. The van der Waals surface area contributed by atoms with Gasteiger partial charge in [0.1, 0.15) is 11.5 Å².